The van der Waals surface area contributed by atoms with Crippen molar-refractivity contribution in [1.82, 2.24) is 14.9 Å². The first-order valence-corrected chi connectivity index (χ1v) is 5.89. The summed E-state index contributed by atoms with van der Waals surface area (Å²) in [6.45, 7) is 2.45. The van der Waals surface area contributed by atoms with Gasteiger partial charge in [0.15, 0.2) is 0 Å². The number of aromatic nitrogens is 2. The molecule has 92 valence electrons. The molecule has 0 amide bonds. The van der Waals surface area contributed by atoms with Gasteiger partial charge in [0.1, 0.15) is 5.82 Å². The first kappa shape index (κ1) is 11.0. The minimum Gasteiger partial charge on any atom is -0.383 e. The number of benzene rings is 1. The van der Waals surface area contributed by atoms with E-state index in [2.05, 4.69) is 27.0 Å². The Balaban J connectivity index is 1.79. The summed E-state index contributed by atoms with van der Waals surface area (Å²) in [6, 6.07) is 10.3. The molecule has 5 nitrogen and oxygen atoms in total. The van der Waals surface area contributed by atoms with Crippen molar-refractivity contribution in [2.75, 3.05) is 11.5 Å². The number of anilines is 2. The number of hydrogen-bond donors (Lipinski definition) is 2. The van der Waals surface area contributed by atoms with Gasteiger partial charge in [-0.1, -0.05) is 30.3 Å². The summed E-state index contributed by atoms with van der Waals surface area (Å²) in [4.78, 5) is 10.5. The summed E-state index contributed by atoms with van der Waals surface area (Å²) in [5.74, 6) is 0.765. The number of nitrogens with zero attached hydrogens (tertiary/aromatic N) is 3. The molecule has 0 saturated carbocycles. The molecule has 2 aromatic rings. The summed E-state index contributed by atoms with van der Waals surface area (Å²) in [7, 11) is 0. The Morgan fingerprint density at radius 3 is 2.61 bits per heavy atom. The quantitative estimate of drug-likeness (QED) is 0.824. The lowest BCUT2D eigenvalue weighted by Gasteiger charge is -2.14. The fraction of sp³-hybridized carbons (Fsp3) is 0.231. The number of nitrogens with two attached hydrogens (primary N) is 2. The third-order valence-corrected chi connectivity index (χ3v) is 3.15. The van der Waals surface area contributed by atoms with Crippen LogP contribution in [-0.4, -0.2) is 14.9 Å². The molecule has 4 N–H and O–H groups in total. The van der Waals surface area contributed by atoms with Crippen molar-refractivity contribution in [3.05, 3.63) is 47.2 Å². The Morgan fingerprint density at radius 1 is 1.06 bits per heavy atom. The molecule has 2 heterocycles. The molecule has 0 atom stereocenters. The van der Waals surface area contributed by atoms with Crippen LogP contribution in [0.15, 0.2) is 30.3 Å². The Bertz CT molecular complexity index is 567. The fourth-order valence-electron chi connectivity index (χ4n) is 2.32. The fourth-order valence-corrected chi connectivity index (χ4v) is 2.32. The van der Waals surface area contributed by atoms with Gasteiger partial charge in [0, 0.05) is 25.2 Å². The van der Waals surface area contributed by atoms with Crippen LogP contribution in [0.5, 0.6) is 0 Å². The number of rotatable bonds is 2. The van der Waals surface area contributed by atoms with Crippen molar-refractivity contribution < 1.29 is 0 Å². The molecule has 0 spiro atoms. The zero-order chi connectivity index (χ0) is 12.5. The summed E-state index contributed by atoms with van der Waals surface area (Å²) >= 11 is 0. The van der Waals surface area contributed by atoms with Gasteiger partial charge in [0.25, 0.3) is 0 Å². The highest BCUT2D eigenvalue weighted by Gasteiger charge is 2.23. The van der Waals surface area contributed by atoms with Crippen LogP contribution in [0.1, 0.15) is 16.8 Å². The van der Waals surface area contributed by atoms with Crippen LogP contribution in [-0.2, 0) is 19.6 Å². The van der Waals surface area contributed by atoms with Gasteiger partial charge in [-0.2, -0.15) is 4.98 Å². The van der Waals surface area contributed by atoms with Crippen LogP contribution in [0.4, 0.5) is 11.8 Å². The minimum absolute atomic E-state index is 0.257. The van der Waals surface area contributed by atoms with Crippen LogP contribution in [0.2, 0.25) is 0 Å². The molecule has 0 saturated heterocycles. The topological polar surface area (TPSA) is 81.1 Å². The Kier molecular flexibility index (Phi) is 2.60. The van der Waals surface area contributed by atoms with Gasteiger partial charge in [-0.25, -0.2) is 4.98 Å². The van der Waals surface area contributed by atoms with E-state index < -0.39 is 0 Å². The highest BCUT2D eigenvalue weighted by atomic mass is 15.2. The molecule has 1 aromatic heterocycles. The van der Waals surface area contributed by atoms with Crippen LogP contribution < -0.4 is 11.5 Å². The number of hydrogen-bond acceptors (Lipinski definition) is 5. The van der Waals surface area contributed by atoms with Crippen LogP contribution in [0.25, 0.3) is 0 Å². The van der Waals surface area contributed by atoms with Gasteiger partial charge < -0.3 is 11.5 Å². The summed E-state index contributed by atoms with van der Waals surface area (Å²) in [5.41, 5.74) is 14.7. The summed E-state index contributed by atoms with van der Waals surface area (Å²) in [6.07, 6.45) is 0. The van der Waals surface area contributed by atoms with E-state index in [1.165, 1.54) is 5.56 Å². The van der Waals surface area contributed by atoms with Crippen molar-refractivity contribution >= 4 is 11.8 Å². The third-order valence-electron chi connectivity index (χ3n) is 3.15. The van der Waals surface area contributed by atoms with E-state index in [1.807, 2.05) is 18.2 Å². The normalized spacial score (nSPS) is 14.7. The van der Waals surface area contributed by atoms with Crippen molar-refractivity contribution in [3.63, 3.8) is 0 Å². The second kappa shape index (κ2) is 4.27. The highest BCUT2D eigenvalue weighted by molar-refractivity contribution is 5.47. The number of fused-ring (bicyclic) bond motifs is 1. The molecule has 0 radical (unpaired) electrons. The lowest BCUT2D eigenvalue weighted by atomic mass is 10.2. The van der Waals surface area contributed by atoms with E-state index in [0.29, 0.717) is 5.82 Å². The SMILES string of the molecule is Nc1nc(N)c2c(n1)CN(Cc1ccccc1)C2. The van der Waals surface area contributed by atoms with Gasteiger partial charge in [0.2, 0.25) is 5.95 Å². The van der Waals surface area contributed by atoms with Crippen molar-refractivity contribution in [3.8, 4) is 0 Å². The lowest BCUT2D eigenvalue weighted by Crippen LogP contribution is -2.15. The molecule has 0 fully saturated rings. The highest BCUT2D eigenvalue weighted by Crippen LogP contribution is 2.26. The van der Waals surface area contributed by atoms with E-state index in [9.17, 15) is 0 Å². The van der Waals surface area contributed by atoms with Crippen LogP contribution in [0.3, 0.4) is 0 Å². The van der Waals surface area contributed by atoms with Gasteiger partial charge in [-0.05, 0) is 5.56 Å². The molecule has 18 heavy (non-hydrogen) atoms. The molecule has 1 aliphatic heterocycles. The van der Waals surface area contributed by atoms with Crippen LogP contribution in [0, 0.1) is 0 Å². The molecule has 0 unspecified atom stereocenters. The standard InChI is InChI=1S/C13H15N5/c14-12-10-7-18(6-9-4-2-1-3-5-9)8-11(10)16-13(15)17-12/h1-5H,6-8H2,(H4,14,15,16,17). The van der Waals surface area contributed by atoms with E-state index in [-0.39, 0.29) is 5.95 Å². The largest absolute Gasteiger partial charge is 0.383 e. The lowest BCUT2D eigenvalue weighted by molar-refractivity contribution is 0.274. The Morgan fingerprint density at radius 2 is 1.83 bits per heavy atom. The minimum atomic E-state index is 0.257. The van der Waals surface area contributed by atoms with Gasteiger partial charge >= 0.3 is 0 Å². The first-order chi connectivity index (χ1) is 8.72. The molecule has 3 rings (SSSR count). The summed E-state index contributed by atoms with van der Waals surface area (Å²) in [5, 5.41) is 0. The van der Waals surface area contributed by atoms with Crippen LogP contribution >= 0.6 is 0 Å². The van der Waals surface area contributed by atoms with Crippen molar-refractivity contribution in [2.45, 2.75) is 19.6 Å². The van der Waals surface area contributed by atoms with Gasteiger partial charge in [0.05, 0.1) is 5.69 Å². The summed E-state index contributed by atoms with van der Waals surface area (Å²) < 4.78 is 0. The maximum Gasteiger partial charge on any atom is 0.222 e. The predicted molar refractivity (Wildman–Crippen MR) is 70.2 cm³/mol. The molecule has 5 heteroatoms. The number of nitrogen functional groups attached to an aromatic ring is 2. The first-order valence-electron chi connectivity index (χ1n) is 5.89. The molecule has 0 aliphatic carbocycles. The maximum atomic E-state index is 5.87. The second-order valence-electron chi connectivity index (χ2n) is 4.52. The Hall–Kier alpha value is -2.14. The van der Waals surface area contributed by atoms with E-state index in [1.54, 1.807) is 0 Å². The van der Waals surface area contributed by atoms with Gasteiger partial charge in [-0.3, -0.25) is 4.90 Å². The van der Waals surface area contributed by atoms with Gasteiger partial charge in [-0.15, -0.1) is 0 Å². The smallest absolute Gasteiger partial charge is 0.222 e. The third kappa shape index (κ3) is 2.00. The maximum absolute atomic E-state index is 5.87. The van der Waals surface area contributed by atoms with Crippen molar-refractivity contribution in [1.29, 1.82) is 0 Å². The van der Waals surface area contributed by atoms with Crippen molar-refractivity contribution in [2.24, 2.45) is 0 Å². The average molecular weight is 241 g/mol. The molecule has 1 aliphatic rings. The van der Waals surface area contributed by atoms with E-state index >= 15 is 0 Å². The average Bonchev–Trinajstić information content (AvgIpc) is 2.73. The van der Waals surface area contributed by atoms with E-state index in [4.69, 9.17) is 11.5 Å². The zero-order valence-corrected chi connectivity index (χ0v) is 10.0. The molecular formula is C13H15N5. The Labute approximate surface area is 105 Å². The molecule has 1 aromatic carbocycles. The second-order valence-corrected chi connectivity index (χ2v) is 4.52. The molecular weight excluding hydrogens is 226 g/mol. The van der Waals surface area contributed by atoms with E-state index in [0.717, 1.165) is 30.9 Å². The molecule has 0 bridgehead atoms. The zero-order valence-electron chi connectivity index (χ0n) is 10.0. The predicted octanol–water partition coefficient (Wildman–Crippen LogP) is 1.16. The monoisotopic (exact) mass is 241 g/mol.